The smallest absolute Gasteiger partial charge is 0.328 e. The van der Waals surface area contributed by atoms with Crippen LogP contribution < -0.4 is 11.1 Å². The minimum atomic E-state index is -1.10. The molecule has 0 aromatic rings. The van der Waals surface area contributed by atoms with E-state index in [0.29, 0.717) is 25.6 Å². The van der Waals surface area contributed by atoms with Crippen LogP contribution >= 0.6 is 0 Å². The Morgan fingerprint density at radius 3 is 2.82 bits per heavy atom. The van der Waals surface area contributed by atoms with Gasteiger partial charge < -0.3 is 25.8 Å². The molecule has 1 aliphatic heterocycles. The predicted molar refractivity (Wildman–Crippen MR) is 60.6 cm³/mol. The summed E-state index contributed by atoms with van der Waals surface area (Å²) in [5, 5.41) is 11.3. The summed E-state index contributed by atoms with van der Waals surface area (Å²) in [5.41, 5.74) is 5.52. The number of likely N-dealkylation sites (tertiary alicyclic amines) is 1. The summed E-state index contributed by atoms with van der Waals surface area (Å²) in [5.74, 6) is -0.791. The Bertz CT molecular complexity index is 285. The first-order valence-electron chi connectivity index (χ1n) is 5.55. The predicted octanol–water partition coefficient (Wildman–Crippen LogP) is -0.924. The summed E-state index contributed by atoms with van der Waals surface area (Å²) in [6.45, 7) is 1.70. The Morgan fingerprint density at radius 1 is 1.65 bits per heavy atom. The van der Waals surface area contributed by atoms with Crippen LogP contribution in [-0.2, 0) is 9.53 Å². The molecular weight excluding hydrogens is 226 g/mol. The molecule has 1 heterocycles. The van der Waals surface area contributed by atoms with Crippen molar-refractivity contribution in [3.63, 3.8) is 0 Å². The lowest BCUT2D eigenvalue weighted by Gasteiger charge is -2.20. The zero-order valence-electron chi connectivity index (χ0n) is 9.89. The average Bonchev–Trinajstić information content (AvgIpc) is 2.76. The molecule has 7 nitrogen and oxygen atoms in total. The number of aliphatic carboxylic acids is 1. The van der Waals surface area contributed by atoms with Crippen molar-refractivity contribution in [3.05, 3.63) is 0 Å². The molecule has 1 rings (SSSR count). The van der Waals surface area contributed by atoms with Crippen molar-refractivity contribution in [1.82, 2.24) is 10.2 Å². The highest BCUT2D eigenvalue weighted by molar-refractivity contribution is 5.82. The van der Waals surface area contributed by atoms with Crippen molar-refractivity contribution in [2.75, 3.05) is 33.4 Å². The Kier molecular flexibility index (Phi) is 5.17. The van der Waals surface area contributed by atoms with E-state index in [2.05, 4.69) is 5.32 Å². The molecular formula is C10H19N3O4. The third-order valence-electron chi connectivity index (χ3n) is 2.84. The highest BCUT2D eigenvalue weighted by Gasteiger charge is 2.28. The largest absolute Gasteiger partial charge is 0.480 e. The molecule has 2 amide bonds. The molecule has 0 aromatic carbocycles. The van der Waals surface area contributed by atoms with E-state index in [-0.39, 0.29) is 12.6 Å². The summed E-state index contributed by atoms with van der Waals surface area (Å²) in [6.07, 6.45) is 0.867. The molecule has 1 saturated heterocycles. The monoisotopic (exact) mass is 245 g/mol. The first kappa shape index (κ1) is 13.7. The SMILES string of the molecule is COCC(NC(=O)N1CCC(CN)C1)C(=O)O. The number of carbonyl (C=O) groups excluding carboxylic acids is 1. The standard InChI is InChI=1S/C10H19N3O4/c1-17-6-8(9(14)15)12-10(16)13-3-2-7(4-11)5-13/h7-8H,2-6,11H2,1H3,(H,12,16)(H,14,15). The third kappa shape index (κ3) is 3.86. The summed E-state index contributed by atoms with van der Waals surface area (Å²) >= 11 is 0. The topological polar surface area (TPSA) is 105 Å². The Balaban J connectivity index is 2.45. The van der Waals surface area contributed by atoms with E-state index in [1.807, 2.05) is 0 Å². The van der Waals surface area contributed by atoms with E-state index < -0.39 is 12.0 Å². The van der Waals surface area contributed by atoms with Gasteiger partial charge in [0.1, 0.15) is 0 Å². The van der Waals surface area contributed by atoms with Crippen LogP contribution in [0, 0.1) is 5.92 Å². The first-order valence-corrected chi connectivity index (χ1v) is 5.55. The molecule has 0 saturated carbocycles. The number of ether oxygens (including phenoxy) is 1. The molecule has 17 heavy (non-hydrogen) atoms. The molecule has 0 aliphatic carbocycles. The number of nitrogens with two attached hydrogens (primary N) is 1. The summed E-state index contributed by atoms with van der Waals surface area (Å²) in [7, 11) is 1.39. The first-order chi connectivity index (χ1) is 8.08. The van der Waals surface area contributed by atoms with Gasteiger partial charge in [-0.2, -0.15) is 0 Å². The highest BCUT2D eigenvalue weighted by Crippen LogP contribution is 2.14. The quantitative estimate of drug-likeness (QED) is 0.580. The van der Waals surface area contributed by atoms with E-state index in [1.54, 1.807) is 4.90 Å². The van der Waals surface area contributed by atoms with Crippen molar-refractivity contribution in [2.45, 2.75) is 12.5 Å². The van der Waals surface area contributed by atoms with Gasteiger partial charge in [-0.15, -0.1) is 0 Å². The molecule has 1 fully saturated rings. The number of urea groups is 1. The van der Waals surface area contributed by atoms with Gasteiger partial charge in [-0.1, -0.05) is 0 Å². The van der Waals surface area contributed by atoms with Gasteiger partial charge in [0.25, 0.3) is 0 Å². The lowest BCUT2D eigenvalue weighted by molar-refractivity contribution is -0.140. The van der Waals surface area contributed by atoms with Gasteiger partial charge in [0.05, 0.1) is 6.61 Å². The normalized spacial score (nSPS) is 21.3. The molecule has 2 atom stereocenters. The Morgan fingerprint density at radius 2 is 2.35 bits per heavy atom. The fraction of sp³-hybridized carbons (Fsp3) is 0.800. The number of nitrogens with zero attached hydrogens (tertiary/aromatic N) is 1. The number of methoxy groups -OCH3 is 1. The Labute approximate surface area is 99.9 Å². The van der Waals surface area contributed by atoms with Crippen LogP contribution in [0.5, 0.6) is 0 Å². The van der Waals surface area contributed by atoms with Crippen molar-refractivity contribution >= 4 is 12.0 Å². The maximum Gasteiger partial charge on any atom is 0.328 e. The Hall–Kier alpha value is -1.34. The van der Waals surface area contributed by atoms with Crippen LogP contribution in [0.2, 0.25) is 0 Å². The van der Waals surface area contributed by atoms with Crippen LogP contribution in [0.25, 0.3) is 0 Å². The van der Waals surface area contributed by atoms with Crippen molar-refractivity contribution < 1.29 is 19.4 Å². The minimum Gasteiger partial charge on any atom is -0.480 e. The lowest BCUT2D eigenvalue weighted by atomic mass is 10.1. The fourth-order valence-corrected chi connectivity index (χ4v) is 1.79. The number of carbonyl (C=O) groups is 2. The lowest BCUT2D eigenvalue weighted by Crippen LogP contribution is -2.49. The molecule has 1 aliphatic rings. The second-order valence-corrected chi connectivity index (χ2v) is 4.13. The van der Waals surface area contributed by atoms with Crippen LogP contribution in [0.3, 0.4) is 0 Å². The average molecular weight is 245 g/mol. The highest BCUT2D eigenvalue weighted by atomic mass is 16.5. The third-order valence-corrected chi connectivity index (χ3v) is 2.84. The van der Waals surface area contributed by atoms with Gasteiger partial charge in [-0.25, -0.2) is 9.59 Å². The number of hydrogen-bond acceptors (Lipinski definition) is 4. The number of amides is 2. The van der Waals surface area contributed by atoms with Gasteiger partial charge in [-0.05, 0) is 18.9 Å². The van der Waals surface area contributed by atoms with E-state index in [9.17, 15) is 9.59 Å². The van der Waals surface area contributed by atoms with Crippen LogP contribution in [0.4, 0.5) is 4.79 Å². The summed E-state index contributed by atoms with van der Waals surface area (Å²) < 4.78 is 4.74. The molecule has 0 spiro atoms. The maximum absolute atomic E-state index is 11.8. The molecule has 0 bridgehead atoms. The van der Waals surface area contributed by atoms with Gasteiger partial charge in [0.15, 0.2) is 6.04 Å². The fourth-order valence-electron chi connectivity index (χ4n) is 1.79. The van der Waals surface area contributed by atoms with Gasteiger partial charge >= 0.3 is 12.0 Å². The molecule has 0 radical (unpaired) electrons. The zero-order chi connectivity index (χ0) is 12.8. The summed E-state index contributed by atoms with van der Waals surface area (Å²) in [4.78, 5) is 24.2. The number of rotatable bonds is 5. The summed E-state index contributed by atoms with van der Waals surface area (Å²) in [6, 6.07) is -1.38. The van der Waals surface area contributed by atoms with Crippen LogP contribution in [-0.4, -0.2) is 61.4 Å². The van der Waals surface area contributed by atoms with Crippen molar-refractivity contribution in [1.29, 1.82) is 0 Å². The maximum atomic E-state index is 11.8. The van der Waals surface area contributed by atoms with E-state index in [4.69, 9.17) is 15.6 Å². The van der Waals surface area contributed by atoms with E-state index in [1.165, 1.54) is 7.11 Å². The van der Waals surface area contributed by atoms with Crippen LogP contribution in [0.1, 0.15) is 6.42 Å². The van der Waals surface area contributed by atoms with Gasteiger partial charge in [-0.3, -0.25) is 0 Å². The molecule has 4 N–H and O–H groups in total. The number of nitrogens with one attached hydrogen (secondary N) is 1. The minimum absolute atomic E-state index is 0.0464. The van der Waals surface area contributed by atoms with Gasteiger partial charge in [0, 0.05) is 20.2 Å². The van der Waals surface area contributed by atoms with E-state index >= 15 is 0 Å². The molecule has 98 valence electrons. The second-order valence-electron chi connectivity index (χ2n) is 4.13. The van der Waals surface area contributed by atoms with Gasteiger partial charge in [0.2, 0.25) is 0 Å². The molecule has 2 unspecified atom stereocenters. The van der Waals surface area contributed by atoms with Crippen LogP contribution in [0.15, 0.2) is 0 Å². The van der Waals surface area contributed by atoms with Crippen molar-refractivity contribution in [2.24, 2.45) is 11.7 Å². The zero-order valence-corrected chi connectivity index (χ0v) is 9.89. The molecule has 7 heteroatoms. The number of carboxylic acid groups (broad SMARTS) is 1. The number of carboxylic acids is 1. The second kappa shape index (κ2) is 6.41. The van der Waals surface area contributed by atoms with E-state index in [0.717, 1.165) is 6.42 Å². The molecule has 0 aromatic heterocycles. The number of hydrogen-bond donors (Lipinski definition) is 3. The van der Waals surface area contributed by atoms with Crippen molar-refractivity contribution in [3.8, 4) is 0 Å².